The highest BCUT2D eigenvalue weighted by molar-refractivity contribution is 7.14. The van der Waals surface area contributed by atoms with E-state index in [1.165, 1.54) is 5.56 Å². The fourth-order valence-electron chi connectivity index (χ4n) is 2.64. The molecule has 0 radical (unpaired) electrons. The van der Waals surface area contributed by atoms with E-state index in [1.807, 2.05) is 42.6 Å². The average Bonchev–Trinajstić information content (AvgIpc) is 3.05. The topological polar surface area (TPSA) is 89.0 Å². The van der Waals surface area contributed by atoms with Crippen molar-refractivity contribution in [1.29, 1.82) is 0 Å². The SMILES string of the molecule is CNc1n[s+]([O-])nc1NCCCN(Cc1ccccc1)c1ccccn1. The number of nitrogens with zero attached hydrogens (tertiary/aromatic N) is 4. The molecule has 1 atom stereocenters. The first-order valence-corrected chi connectivity index (χ1v) is 9.54. The number of hydrogen-bond donors (Lipinski definition) is 2. The van der Waals surface area contributed by atoms with E-state index in [9.17, 15) is 4.55 Å². The third-order valence-corrected chi connectivity index (χ3v) is 4.56. The molecule has 1 aromatic carbocycles. The lowest BCUT2D eigenvalue weighted by atomic mass is 10.2. The van der Waals surface area contributed by atoms with Gasteiger partial charge in [0.1, 0.15) is 5.82 Å². The van der Waals surface area contributed by atoms with Gasteiger partial charge in [0.25, 0.3) is 0 Å². The second-order valence-electron chi connectivity index (χ2n) is 5.74. The summed E-state index contributed by atoms with van der Waals surface area (Å²) in [4.78, 5) is 6.73. The normalized spacial score (nSPS) is 11.2. The summed E-state index contributed by atoms with van der Waals surface area (Å²) < 4.78 is 19.3. The van der Waals surface area contributed by atoms with Crippen molar-refractivity contribution in [3.8, 4) is 0 Å². The maximum atomic E-state index is 11.4. The van der Waals surface area contributed by atoms with Gasteiger partial charge in [0, 0.05) is 41.6 Å². The fourth-order valence-corrected chi connectivity index (χ4v) is 3.32. The lowest BCUT2D eigenvalue weighted by Gasteiger charge is -2.24. The van der Waals surface area contributed by atoms with Gasteiger partial charge in [0.2, 0.25) is 11.6 Å². The van der Waals surface area contributed by atoms with Crippen LogP contribution >= 0.6 is 11.1 Å². The minimum atomic E-state index is -1.52. The van der Waals surface area contributed by atoms with E-state index in [1.54, 1.807) is 7.05 Å². The van der Waals surface area contributed by atoms with Crippen molar-refractivity contribution in [2.75, 3.05) is 35.7 Å². The maximum absolute atomic E-state index is 11.4. The lowest BCUT2D eigenvalue weighted by molar-refractivity contribution is 0.585. The molecule has 2 heterocycles. The number of rotatable bonds is 9. The van der Waals surface area contributed by atoms with Crippen LogP contribution in [0.3, 0.4) is 0 Å². The Bertz CT molecular complexity index is 796. The zero-order valence-corrected chi connectivity index (χ0v) is 15.4. The van der Waals surface area contributed by atoms with Crippen LogP contribution in [0.4, 0.5) is 17.5 Å². The van der Waals surface area contributed by atoms with Crippen molar-refractivity contribution in [1.82, 2.24) is 13.7 Å². The zero-order valence-electron chi connectivity index (χ0n) is 14.6. The van der Waals surface area contributed by atoms with Crippen LogP contribution in [0.2, 0.25) is 0 Å². The monoisotopic (exact) mass is 370 g/mol. The summed E-state index contributed by atoms with van der Waals surface area (Å²) >= 11 is -1.52. The van der Waals surface area contributed by atoms with Crippen LogP contribution in [0.5, 0.6) is 0 Å². The quantitative estimate of drug-likeness (QED) is 0.442. The molecule has 136 valence electrons. The summed E-state index contributed by atoms with van der Waals surface area (Å²) in [7, 11) is 1.74. The fraction of sp³-hybridized carbons (Fsp3) is 0.278. The highest BCUT2D eigenvalue weighted by Gasteiger charge is 2.14. The minimum absolute atomic E-state index is 0.536. The standard InChI is InChI=1S/C18H22N6OS/c1-19-17-18(23-26(25)22-17)21-12-7-13-24(16-10-5-6-11-20-16)14-15-8-3-2-4-9-15/h2-6,8-11H,7,12-14H2,1H3,(H,19,22)(H,21,23). The van der Waals surface area contributed by atoms with Crippen LogP contribution in [0, 0.1) is 0 Å². The molecule has 3 rings (SSSR count). The third kappa shape index (κ3) is 4.90. The van der Waals surface area contributed by atoms with Gasteiger partial charge in [-0.05, 0) is 24.1 Å². The van der Waals surface area contributed by atoms with Crippen LogP contribution in [0.1, 0.15) is 12.0 Å². The molecular formula is C18H22N6OS. The van der Waals surface area contributed by atoms with Gasteiger partial charge in [-0.3, -0.25) is 0 Å². The summed E-state index contributed by atoms with van der Waals surface area (Å²) in [6.07, 6.45) is 2.69. The molecule has 0 saturated carbocycles. The molecule has 0 amide bonds. The van der Waals surface area contributed by atoms with E-state index in [2.05, 4.69) is 41.4 Å². The zero-order chi connectivity index (χ0) is 18.2. The second kappa shape index (κ2) is 9.12. The number of benzene rings is 1. The van der Waals surface area contributed by atoms with Gasteiger partial charge in [-0.15, -0.1) is 0 Å². The van der Waals surface area contributed by atoms with E-state index in [-0.39, 0.29) is 0 Å². The minimum Gasteiger partial charge on any atom is -0.546 e. The van der Waals surface area contributed by atoms with Crippen LogP contribution in [-0.2, 0) is 6.54 Å². The number of pyridine rings is 1. The summed E-state index contributed by atoms with van der Waals surface area (Å²) in [6, 6.07) is 16.3. The van der Waals surface area contributed by atoms with E-state index in [4.69, 9.17) is 0 Å². The Kier molecular flexibility index (Phi) is 6.34. The summed E-state index contributed by atoms with van der Waals surface area (Å²) in [5.41, 5.74) is 1.24. The molecule has 0 aliphatic heterocycles. The molecule has 0 aliphatic carbocycles. The molecule has 0 bridgehead atoms. The summed E-state index contributed by atoms with van der Waals surface area (Å²) in [6.45, 7) is 2.34. The number of anilines is 3. The molecule has 0 aliphatic rings. The first-order valence-electron chi connectivity index (χ1n) is 8.47. The van der Waals surface area contributed by atoms with Crippen molar-refractivity contribution in [2.45, 2.75) is 13.0 Å². The summed E-state index contributed by atoms with van der Waals surface area (Å²) in [5, 5.41) is 6.10. The second-order valence-corrected chi connectivity index (χ2v) is 6.56. The molecule has 0 saturated heterocycles. The van der Waals surface area contributed by atoms with Crippen molar-refractivity contribution in [3.05, 3.63) is 60.3 Å². The predicted octanol–water partition coefficient (Wildman–Crippen LogP) is 3.15. The Balaban J connectivity index is 1.59. The Morgan fingerprint density at radius 1 is 1.04 bits per heavy atom. The Morgan fingerprint density at radius 2 is 1.81 bits per heavy atom. The van der Waals surface area contributed by atoms with Crippen molar-refractivity contribution in [2.24, 2.45) is 0 Å². The highest BCUT2D eigenvalue weighted by atomic mass is 32.2. The molecule has 26 heavy (non-hydrogen) atoms. The molecule has 8 heteroatoms. The lowest BCUT2D eigenvalue weighted by Crippen LogP contribution is -2.26. The molecule has 2 aromatic heterocycles. The number of nitrogens with one attached hydrogen (secondary N) is 2. The third-order valence-electron chi connectivity index (χ3n) is 3.89. The number of hydrogen-bond acceptors (Lipinski definition) is 7. The molecule has 0 fully saturated rings. The molecule has 7 nitrogen and oxygen atoms in total. The molecule has 2 N–H and O–H groups in total. The first kappa shape index (κ1) is 18.1. The van der Waals surface area contributed by atoms with Crippen LogP contribution in [-0.4, -0.2) is 38.4 Å². The Morgan fingerprint density at radius 3 is 2.54 bits per heavy atom. The van der Waals surface area contributed by atoms with Gasteiger partial charge in [0.05, 0.1) is 0 Å². The van der Waals surface area contributed by atoms with E-state index in [0.29, 0.717) is 18.2 Å². The first-order chi connectivity index (χ1) is 12.8. The summed E-state index contributed by atoms with van der Waals surface area (Å²) in [5.74, 6) is 2.04. The number of aromatic nitrogens is 3. The van der Waals surface area contributed by atoms with E-state index in [0.717, 1.165) is 25.3 Å². The van der Waals surface area contributed by atoms with E-state index < -0.39 is 11.1 Å². The van der Waals surface area contributed by atoms with Gasteiger partial charge in [0.15, 0.2) is 11.1 Å². The predicted molar refractivity (Wildman–Crippen MR) is 105 cm³/mol. The van der Waals surface area contributed by atoms with Crippen LogP contribution < -0.4 is 15.5 Å². The largest absolute Gasteiger partial charge is 0.546 e. The molecule has 0 spiro atoms. The van der Waals surface area contributed by atoms with Crippen molar-refractivity contribution in [3.63, 3.8) is 0 Å². The van der Waals surface area contributed by atoms with Gasteiger partial charge in [-0.1, -0.05) is 36.4 Å². The van der Waals surface area contributed by atoms with Crippen molar-refractivity contribution >= 4 is 28.6 Å². The maximum Gasteiger partial charge on any atom is 0.232 e. The molecule has 1 unspecified atom stereocenters. The smallest absolute Gasteiger partial charge is 0.232 e. The molecular weight excluding hydrogens is 348 g/mol. The van der Waals surface area contributed by atoms with E-state index >= 15 is 0 Å². The van der Waals surface area contributed by atoms with Crippen molar-refractivity contribution < 1.29 is 4.55 Å². The van der Waals surface area contributed by atoms with Crippen LogP contribution in [0.25, 0.3) is 0 Å². The van der Waals surface area contributed by atoms with Gasteiger partial charge in [-0.2, -0.15) is 0 Å². The highest BCUT2D eigenvalue weighted by Crippen LogP contribution is 2.22. The average molecular weight is 370 g/mol. The Labute approximate surface area is 156 Å². The van der Waals surface area contributed by atoms with Crippen LogP contribution in [0.15, 0.2) is 54.7 Å². The Hall–Kier alpha value is -2.71. The molecule has 3 aromatic rings. The van der Waals surface area contributed by atoms with Gasteiger partial charge in [-0.25, -0.2) is 4.98 Å². The van der Waals surface area contributed by atoms with Gasteiger partial charge < -0.3 is 20.1 Å². The van der Waals surface area contributed by atoms with Gasteiger partial charge >= 0.3 is 0 Å².